The summed E-state index contributed by atoms with van der Waals surface area (Å²) in [5.41, 5.74) is -1.49. The normalized spacial score (nSPS) is 12.0. The second kappa shape index (κ2) is 7.44. The molecule has 1 amide bonds. The molecule has 0 spiro atoms. The number of benzene rings is 2. The van der Waals surface area contributed by atoms with Crippen molar-refractivity contribution in [1.82, 2.24) is 0 Å². The van der Waals surface area contributed by atoms with Crippen LogP contribution in [0.5, 0.6) is 0 Å². The first-order chi connectivity index (χ1) is 13.1. The predicted molar refractivity (Wildman–Crippen MR) is 97.7 cm³/mol. The van der Waals surface area contributed by atoms with Crippen LogP contribution in [0.3, 0.4) is 0 Å². The van der Waals surface area contributed by atoms with Gasteiger partial charge in [-0.1, -0.05) is 28.1 Å². The van der Waals surface area contributed by atoms with E-state index in [1.54, 1.807) is 0 Å². The maximum atomic E-state index is 13.0. The van der Waals surface area contributed by atoms with Crippen LogP contribution in [0.15, 0.2) is 79.5 Å². The van der Waals surface area contributed by atoms with Gasteiger partial charge in [-0.25, -0.2) is 8.42 Å². The lowest BCUT2D eigenvalue weighted by atomic mass is 10.1. The molecule has 146 valence electrons. The van der Waals surface area contributed by atoms with Crippen LogP contribution in [0.1, 0.15) is 16.1 Å². The minimum absolute atomic E-state index is 0.0561. The Morgan fingerprint density at radius 2 is 1.61 bits per heavy atom. The number of furan rings is 1. The van der Waals surface area contributed by atoms with Crippen LogP contribution in [0.25, 0.3) is 0 Å². The van der Waals surface area contributed by atoms with E-state index in [0.717, 1.165) is 24.3 Å². The monoisotopic (exact) mass is 473 g/mol. The van der Waals surface area contributed by atoms with E-state index in [9.17, 15) is 26.4 Å². The summed E-state index contributed by atoms with van der Waals surface area (Å²) >= 11 is 3.19. The highest BCUT2D eigenvalue weighted by Crippen LogP contribution is 2.35. The molecule has 1 N–H and O–H groups in total. The van der Waals surface area contributed by atoms with Crippen molar-refractivity contribution in [1.29, 1.82) is 0 Å². The number of carbonyl (C=O) groups excluding carboxylic acids is 1. The minimum Gasteiger partial charge on any atom is -0.439 e. The average Bonchev–Trinajstić information content (AvgIpc) is 3.13. The van der Waals surface area contributed by atoms with Crippen LogP contribution in [0.2, 0.25) is 0 Å². The Balaban J connectivity index is 1.87. The number of anilines is 1. The Morgan fingerprint density at radius 3 is 2.25 bits per heavy atom. The van der Waals surface area contributed by atoms with Crippen molar-refractivity contribution in [2.24, 2.45) is 0 Å². The van der Waals surface area contributed by atoms with E-state index >= 15 is 0 Å². The zero-order valence-electron chi connectivity index (χ0n) is 13.8. The molecule has 10 heteroatoms. The number of hydrogen-bond acceptors (Lipinski definition) is 4. The van der Waals surface area contributed by atoms with Gasteiger partial charge in [0, 0.05) is 4.47 Å². The van der Waals surface area contributed by atoms with Crippen molar-refractivity contribution >= 4 is 37.4 Å². The van der Waals surface area contributed by atoms with Gasteiger partial charge in [-0.15, -0.1) is 0 Å². The zero-order chi connectivity index (χ0) is 20.5. The summed E-state index contributed by atoms with van der Waals surface area (Å²) in [7, 11) is -4.02. The molecule has 0 aliphatic rings. The van der Waals surface area contributed by atoms with Crippen LogP contribution in [-0.4, -0.2) is 14.3 Å². The molecule has 3 rings (SSSR count). The Bertz CT molecular complexity index is 1120. The Hall–Kier alpha value is -2.59. The number of nitrogens with one attached hydrogen (secondary N) is 1. The average molecular weight is 474 g/mol. The standard InChI is InChI=1S/C18H11BrF3NO4S/c19-11-5-7-12(8-6-11)28(25,26)16-10-9-15(27-16)17(24)23-14-4-2-1-3-13(14)18(20,21)22/h1-10H,(H,23,24). The molecule has 3 aromatic rings. The lowest BCUT2D eigenvalue weighted by molar-refractivity contribution is -0.136. The van der Waals surface area contributed by atoms with Crippen molar-refractivity contribution < 1.29 is 30.8 Å². The molecule has 5 nitrogen and oxygen atoms in total. The van der Waals surface area contributed by atoms with Crippen LogP contribution in [-0.2, 0) is 16.0 Å². The number of amides is 1. The molecular formula is C18H11BrF3NO4S. The van der Waals surface area contributed by atoms with E-state index in [2.05, 4.69) is 21.2 Å². The largest absolute Gasteiger partial charge is 0.439 e. The molecule has 0 fully saturated rings. The lowest BCUT2D eigenvalue weighted by Crippen LogP contribution is -2.16. The summed E-state index contributed by atoms with van der Waals surface area (Å²) in [6.45, 7) is 0. The summed E-state index contributed by atoms with van der Waals surface area (Å²) < 4.78 is 69.9. The summed E-state index contributed by atoms with van der Waals surface area (Å²) in [4.78, 5) is 12.2. The summed E-state index contributed by atoms with van der Waals surface area (Å²) in [6, 6.07) is 12.3. The molecule has 0 saturated heterocycles. The van der Waals surface area contributed by atoms with Crippen molar-refractivity contribution in [3.8, 4) is 0 Å². The number of rotatable bonds is 4. The summed E-state index contributed by atoms with van der Waals surface area (Å²) in [5, 5.41) is 1.60. The predicted octanol–water partition coefficient (Wildman–Crippen LogP) is 5.15. The van der Waals surface area contributed by atoms with Crippen LogP contribution < -0.4 is 5.32 Å². The molecule has 0 aliphatic carbocycles. The molecule has 0 radical (unpaired) electrons. The first kappa shape index (κ1) is 20.2. The third-order valence-corrected chi connectivity index (χ3v) is 5.85. The number of para-hydroxylation sites is 1. The molecular weight excluding hydrogens is 463 g/mol. The van der Waals surface area contributed by atoms with E-state index < -0.39 is 44.0 Å². The molecule has 0 bridgehead atoms. The number of alkyl halides is 3. The van der Waals surface area contributed by atoms with Crippen LogP contribution >= 0.6 is 15.9 Å². The van der Waals surface area contributed by atoms with Crippen molar-refractivity contribution in [3.05, 3.63) is 76.5 Å². The highest BCUT2D eigenvalue weighted by atomic mass is 79.9. The second-order valence-corrected chi connectivity index (χ2v) is 8.37. The third kappa shape index (κ3) is 4.12. The lowest BCUT2D eigenvalue weighted by Gasteiger charge is -2.12. The van der Waals surface area contributed by atoms with Gasteiger partial charge in [0.25, 0.3) is 5.91 Å². The van der Waals surface area contributed by atoms with Crippen LogP contribution in [0.4, 0.5) is 18.9 Å². The van der Waals surface area contributed by atoms with Gasteiger partial charge in [-0.05, 0) is 48.5 Å². The SMILES string of the molecule is O=C(Nc1ccccc1C(F)(F)F)c1ccc(S(=O)(=O)c2ccc(Br)cc2)o1. The van der Waals surface area contributed by atoms with Crippen molar-refractivity contribution in [2.45, 2.75) is 16.2 Å². The quantitative estimate of drug-likeness (QED) is 0.568. The molecule has 1 aromatic heterocycles. The fraction of sp³-hybridized carbons (Fsp3) is 0.0556. The maximum absolute atomic E-state index is 13.0. The molecule has 0 atom stereocenters. The first-order valence-corrected chi connectivity index (χ1v) is 9.95. The molecule has 28 heavy (non-hydrogen) atoms. The summed E-state index contributed by atoms with van der Waals surface area (Å²) in [5.74, 6) is -1.44. The van der Waals surface area contributed by atoms with Gasteiger partial charge in [-0.2, -0.15) is 13.2 Å². The van der Waals surface area contributed by atoms with E-state index in [1.165, 1.54) is 36.4 Å². The third-order valence-electron chi connectivity index (χ3n) is 3.67. The van der Waals surface area contributed by atoms with Gasteiger partial charge in [0.15, 0.2) is 5.76 Å². The highest BCUT2D eigenvalue weighted by Gasteiger charge is 2.34. The van der Waals surface area contributed by atoms with E-state index in [4.69, 9.17) is 4.42 Å². The van der Waals surface area contributed by atoms with E-state index in [0.29, 0.717) is 4.47 Å². The number of carbonyl (C=O) groups is 1. The molecule has 1 heterocycles. The van der Waals surface area contributed by atoms with Gasteiger partial charge in [0.1, 0.15) is 0 Å². The summed E-state index contributed by atoms with van der Waals surface area (Å²) in [6.07, 6.45) is -4.66. The molecule has 2 aromatic carbocycles. The molecule has 0 unspecified atom stereocenters. The molecule has 0 aliphatic heterocycles. The Labute approximate surface area is 166 Å². The topological polar surface area (TPSA) is 76.4 Å². The van der Waals surface area contributed by atoms with E-state index in [1.807, 2.05) is 0 Å². The molecule has 0 saturated carbocycles. The first-order valence-electron chi connectivity index (χ1n) is 7.67. The van der Waals surface area contributed by atoms with Crippen molar-refractivity contribution in [2.75, 3.05) is 5.32 Å². The number of halogens is 4. The maximum Gasteiger partial charge on any atom is 0.418 e. The van der Waals surface area contributed by atoms with Crippen molar-refractivity contribution in [3.63, 3.8) is 0 Å². The van der Waals surface area contributed by atoms with Crippen LogP contribution in [0, 0.1) is 0 Å². The Morgan fingerprint density at radius 1 is 0.964 bits per heavy atom. The van der Waals surface area contributed by atoms with E-state index in [-0.39, 0.29) is 4.90 Å². The minimum atomic E-state index is -4.66. The van der Waals surface area contributed by atoms with Gasteiger partial charge in [0.05, 0.1) is 16.1 Å². The van der Waals surface area contributed by atoms with Gasteiger partial charge >= 0.3 is 6.18 Å². The van der Waals surface area contributed by atoms with Gasteiger partial charge in [0.2, 0.25) is 14.9 Å². The number of hydrogen-bond donors (Lipinski definition) is 1. The second-order valence-electron chi connectivity index (χ2n) is 5.57. The Kier molecular flexibility index (Phi) is 5.35. The smallest absolute Gasteiger partial charge is 0.418 e. The zero-order valence-corrected chi connectivity index (χ0v) is 16.2. The highest BCUT2D eigenvalue weighted by molar-refractivity contribution is 9.10. The fourth-order valence-corrected chi connectivity index (χ4v) is 3.78. The van der Waals surface area contributed by atoms with Gasteiger partial charge < -0.3 is 9.73 Å². The number of sulfone groups is 1. The fourth-order valence-electron chi connectivity index (χ4n) is 2.34. The van der Waals surface area contributed by atoms with Gasteiger partial charge in [-0.3, -0.25) is 4.79 Å².